The van der Waals surface area contributed by atoms with Crippen molar-refractivity contribution in [3.05, 3.63) is 0 Å². The molecule has 2 heterocycles. The molecule has 24 heavy (non-hydrogen) atoms. The van der Waals surface area contributed by atoms with E-state index in [2.05, 4.69) is 20.3 Å². The second-order valence-electron chi connectivity index (χ2n) is 4.67. The molecular formula is C13H19N7O4. The van der Waals surface area contributed by atoms with Gasteiger partial charge in [-0.2, -0.15) is 15.0 Å². The van der Waals surface area contributed by atoms with E-state index in [1.54, 1.807) is 6.92 Å². The first-order valence-corrected chi connectivity index (χ1v) is 7.36. The largest absolute Gasteiger partial charge is 0.467 e. The van der Waals surface area contributed by atoms with Crippen molar-refractivity contribution in [3.8, 4) is 6.01 Å². The van der Waals surface area contributed by atoms with Crippen LogP contribution in [0.5, 0.6) is 6.01 Å². The molecule has 1 aromatic heterocycles. The van der Waals surface area contributed by atoms with Crippen LogP contribution in [0.4, 0.5) is 11.9 Å². The number of ether oxygens (including phenoxy) is 2. The molecule has 1 amide bonds. The van der Waals surface area contributed by atoms with Gasteiger partial charge in [0.15, 0.2) is 0 Å². The number of esters is 1. The zero-order valence-electron chi connectivity index (χ0n) is 13.7. The van der Waals surface area contributed by atoms with Crippen LogP contribution in [0, 0.1) is 5.41 Å². The number of aromatic nitrogens is 3. The standard InChI is InChI=1S/C13H19N7O4/c1-4-15-11-16-12(18-13(17-11)23-3)20-6-8(21)19(10(20)14)7-9(22)24-5-2/h14H,4-7H2,1-3H3,(H,15,16,17,18). The van der Waals surface area contributed by atoms with Crippen LogP contribution in [0.1, 0.15) is 13.8 Å². The van der Waals surface area contributed by atoms with E-state index in [1.807, 2.05) is 6.92 Å². The molecule has 1 saturated heterocycles. The Bertz CT molecular complexity index is 651. The van der Waals surface area contributed by atoms with E-state index < -0.39 is 11.9 Å². The number of anilines is 2. The molecule has 11 heteroatoms. The monoisotopic (exact) mass is 337 g/mol. The molecule has 1 fully saturated rings. The maximum atomic E-state index is 12.1. The molecule has 1 aliphatic rings. The van der Waals surface area contributed by atoms with Crippen LogP contribution in [-0.4, -0.2) is 71.0 Å². The Labute approximate surface area is 138 Å². The maximum Gasteiger partial charge on any atom is 0.326 e. The Hall–Kier alpha value is -2.98. The van der Waals surface area contributed by atoms with Crippen molar-refractivity contribution in [3.63, 3.8) is 0 Å². The fraction of sp³-hybridized carbons (Fsp3) is 0.538. The van der Waals surface area contributed by atoms with Gasteiger partial charge in [0.2, 0.25) is 23.8 Å². The molecule has 2 N–H and O–H groups in total. The number of carbonyl (C=O) groups excluding carboxylic acids is 2. The van der Waals surface area contributed by atoms with E-state index in [0.29, 0.717) is 6.54 Å². The molecule has 11 nitrogen and oxygen atoms in total. The third-order valence-electron chi connectivity index (χ3n) is 3.06. The summed E-state index contributed by atoms with van der Waals surface area (Å²) in [5.41, 5.74) is 0. The van der Waals surface area contributed by atoms with Gasteiger partial charge in [0.05, 0.1) is 13.7 Å². The molecule has 0 aromatic carbocycles. The second-order valence-corrected chi connectivity index (χ2v) is 4.67. The second kappa shape index (κ2) is 7.53. The molecule has 0 radical (unpaired) electrons. The first-order chi connectivity index (χ1) is 11.5. The third-order valence-corrected chi connectivity index (χ3v) is 3.06. The fourth-order valence-corrected chi connectivity index (χ4v) is 2.02. The highest BCUT2D eigenvalue weighted by Gasteiger charge is 2.37. The number of guanidine groups is 1. The molecule has 1 aromatic rings. The van der Waals surface area contributed by atoms with Crippen LogP contribution >= 0.6 is 0 Å². The molecule has 0 spiro atoms. The van der Waals surface area contributed by atoms with Gasteiger partial charge in [-0.15, -0.1) is 0 Å². The summed E-state index contributed by atoms with van der Waals surface area (Å²) in [4.78, 5) is 38.2. The highest BCUT2D eigenvalue weighted by Crippen LogP contribution is 2.20. The lowest BCUT2D eigenvalue weighted by Gasteiger charge is -2.18. The first-order valence-electron chi connectivity index (χ1n) is 7.36. The number of amides is 1. The summed E-state index contributed by atoms with van der Waals surface area (Å²) < 4.78 is 9.82. The summed E-state index contributed by atoms with van der Waals surface area (Å²) in [5.74, 6) is -0.855. The van der Waals surface area contributed by atoms with Crippen LogP contribution in [0.3, 0.4) is 0 Å². The molecule has 0 atom stereocenters. The minimum Gasteiger partial charge on any atom is -0.467 e. The van der Waals surface area contributed by atoms with E-state index in [9.17, 15) is 9.59 Å². The van der Waals surface area contributed by atoms with E-state index >= 15 is 0 Å². The summed E-state index contributed by atoms with van der Waals surface area (Å²) in [7, 11) is 1.41. The Kier molecular flexibility index (Phi) is 5.45. The number of methoxy groups -OCH3 is 1. The summed E-state index contributed by atoms with van der Waals surface area (Å²) in [5, 5.41) is 11.0. The fourth-order valence-electron chi connectivity index (χ4n) is 2.02. The Morgan fingerprint density at radius 1 is 1.33 bits per heavy atom. The van der Waals surface area contributed by atoms with Gasteiger partial charge in [0, 0.05) is 6.54 Å². The summed E-state index contributed by atoms with van der Waals surface area (Å²) >= 11 is 0. The summed E-state index contributed by atoms with van der Waals surface area (Å²) in [6.07, 6.45) is 0. The Morgan fingerprint density at radius 2 is 2.08 bits per heavy atom. The van der Waals surface area contributed by atoms with Gasteiger partial charge in [-0.3, -0.25) is 24.8 Å². The van der Waals surface area contributed by atoms with Crippen molar-refractivity contribution in [2.75, 3.05) is 43.6 Å². The number of rotatable bonds is 7. The molecule has 130 valence electrons. The predicted molar refractivity (Wildman–Crippen MR) is 84.0 cm³/mol. The lowest BCUT2D eigenvalue weighted by atomic mass is 10.5. The highest BCUT2D eigenvalue weighted by molar-refractivity contribution is 6.13. The Balaban J connectivity index is 2.23. The van der Waals surface area contributed by atoms with Crippen molar-refractivity contribution >= 4 is 29.7 Å². The quantitative estimate of drug-likeness (QED) is 0.629. The number of nitrogens with zero attached hydrogens (tertiary/aromatic N) is 5. The van der Waals surface area contributed by atoms with Gasteiger partial charge in [0.25, 0.3) is 0 Å². The van der Waals surface area contributed by atoms with Gasteiger partial charge >= 0.3 is 12.0 Å². The average Bonchev–Trinajstić information content (AvgIpc) is 2.83. The van der Waals surface area contributed by atoms with Crippen molar-refractivity contribution < 1.29 is 19.1 Å². The van der Waals surface area contributed by atoms with Crippen molar-refractivity contribution in [2.45, 2.75) is 13.8 Å². The van der Waals surface area contributed by atoms with Crippen molar-refractivity contribution in [2.24, 2.45) is 0 Å². The summed E-state index contributed by atoms with van der Waals surface area (Å²) in [6, 6.07) is 0.0556. The highest BCUT2D eigenvalue weighted by atomic mass is 16.5. The van der Waals surface area contributed by atoms with Crippen LogP contribution in [0.2, 0.25) is 0 Å². The molecule has 0 unspecified atom stereocenters. The average molecular weight is 337 g/mol. The van der Waals surface area contributed by atoms with Gasteiger partial charge < -0.3 is 14.8 Å². The maximum absolute atomic E-state index is 12.1. The third kappa shape index (κ3) is 3.67. The van der Waals surface area contributed by atoms with E-state index in [1.165, 1.54) is 12.0 Å². The first kappa shape index (κ1) is 17.4. The topological polar surface area (TPSA) is 134 Å². The van der Waals surface area contributed by atoms with Gasteiger partial charge in [-0.25, -0.2) is 0 Å². The van der Waals surface area contributed by atoms with E-state index in [4.69, 9.17) is 14.9 Å². The SMILES string of the molecule is CCNc1nc(OC)nc(N2CC(=O)N(CC(=O)OCC)C2=N)n1. The van der Waals surface area contributed by atoms with Gasteiger partial charge in [0.1, 0.15) is 13.1 Å². The smallest absolute Gasteiger partial charge is 0.326 e. The zero-order chi connectivity index (χ0) is 17.7. The van der Waals surface area contributed by atoms with E-state index in [0.717, 1.165) is 4.90 Å². The van der Waals surface area contributed by atoms with Gasteiger partial charge in [-0.1, -0.05) is 0 Å². The normalized spacial score (nSPS) is 14.1. The number of hydrogen-bond donors (Lipinski definition) is 2. The van der Waals surface area contributed by atoms with Crippen LogP contribution in [0.15, 0.2) is 0 Å². The number of carbonyl (C=O) groups is 2. The van der Waals surface area contributed by atoms with Crippen LogP contribution < -0.4 is 15.0 Å². The lowest BCUT2D eigenvalue weighted by molar-refractivity contribution is -0.146. The van der Waals surface area contributed by atoms with Crippen molar-refractivity contribution in [1.82, 2.24) is 19.9 Å². The minimum absolute atomic E-state index is 0.0556. The molecule has 0 saturated carbocycles. The van der Waals surface area contributed by atoms with Gasteiger partial charge in [-0.05, 0) is 13.8 Å². The lowest BCUT2D eigenvalue weighted by Crippen LogP contribution is -2.38. The number of nitrogens with one attached hydrogen (secondary N) is 2. The molecule has 2 rings (SSSR count). The molecular weight excluding hydrogens is 318 g/mol. The zero-order valence-corrected chi connectivity index (χ0v) is 13.7. The molecule has 0 bridgehead atoms. The predicted octanol–water partition coefficient (Wildman–Crippen LogP) is -0.542. The number of hydrogen-bond acceptors (Lipinski definition) is 9. The minimum atomic E-state index is -0.584. The Morgan fingerprint density at radius 3 is 2.71 bits per heavy atom. The van der Waals surface area contributed by atoms with Crippen LogP contribution in [0.25, 0.3) is 0 Å². The summed E-state index contributed by atoms with van der Waals surface area (Å²) in [6.45, 7) is 3.84. The van der Waals surface area contributed by atoms with E-state index in [-0.39, 0.29) is 43.6 Å². The molecule has 0 aliphatic carbocycles. The molecule has 1 aliphatic heterocycles. The van der Waals surface area contributed by atoms with Crippen molar-refractivity contribution in [1.29, 1.82) is 5.41 Å². The van der Waals surface area contributed by atoms with Crippen LogP contribution in [-0.2, 0) is 14.3 Å².